The van der Waals surface area contributed by atoms with Gasteiger partial charge in [0.2, 0.25) is 5.91 Å². The number of carbonyl (C=O) groups is 1. The van der Waals surface area contributed by atoms with Crippen molar-refractivity contribution in [2.45, 2.75) is 39.2 Å². The molecule has 8 nitrogen and oxygen atoms in total. The van der Waals surface area contributed by atoms with Crippen LogP contribution in [0, 0.1) is 6.92 Å². The van der Waals surface area contributed by atoms with Crippen molar-refractivity contribution >= 4 is 17.4 Å². The first-order chi connectivity index (χ1) is 16.6. The molecule has 0 aliphatic carbocycles. The fourth-order valence-corrected chi connectivity index (χ4v) is 4.43. The highest BCUT2D eigenvalue weighted by molar-refractivity contribution is 5.93. The lowest BCUT2D eigenvalue weighted by Crippen LogP contribution is -2.27. The minimum absolute atomic E-state index is 0.0610. The molecular weight excluding hydrogens is 426 g/mol. The highest BCUT2D eigenvalue weighted by Gasteiger charge is 2.23. The summed E-state index contributed by atoms with van der Waals surface area (Å²) >= 11 is 0. The lowest BCUT2D eigenvalue weighted by Gasteiger charge is -2.24. The summed E-state index contributed by atoms with van der Waals surface area (Å²) in [6.45, 7) is 5.20. The van der Waals surface area contributed by atoms with Gasteiger partial charge in [-0.05, 0) is 48.7 Å². The highest BCUT2D eigenvalue weighted by Crippen LogP contribution is 2.34. The number of tetrazole rings is 1. The normalized spacial score (nSPS) is 15.5. The van der Waals surface area contributed by atoms with Crippen molar-refractivity contribution in [2.75, 3.05) is 16.8 Å². The predicted molar refractivity (Wildman–Crippen MR) is 132 cm³/mol. The van der Waals surface area contributed by atoms with Crippen LogP contribution in [0.3, 0.4) is 0 Å². The number of hydrogen-bond acceptors (Lipinski definition) is 6. The number of H-pyrrole nitrogens is 1. The Hall–Kier alpha value is -4.07. The van der Waals surface area contributed by atoms with E-state index in [0.29, 0.717) is 18.3 Å². The molecule has 172 valence electrons. The summed E-state index contributed by atoms with van der Waals surface area (Å²) in [7, 11) is 0. The van der Waals surface area contributed by atoms with Gasteiger partial charge >= 0.3 is 0 Å². The van der Waals surface area contributed by atoms with E-state index in [1.165, 1.54) is 5.56 Å². The van der Waals surface area contributed by atoms with Crippen molar-refractivity contribution in [2.24, 2.45) is 0 Å². The van der Waals surface area contributed by atoms with Crippen LogP contribution in [-0.2, 0) is 11.2 Å². The first-order valence-electron chi connectivity index (χ1n) is 11.5. The molecule has 2 aromatic heterocycles. The minimum Gasteiger partial charge on any atom is -0.354 e. The van der Waals surface area contributed by atoms with Crippen LogP contribution in [0.4, 0.5) is 11.5 Å². The molecule has 5 rings (SSSR count). The van der Waals surface area contributed by atoms with Gasteiger partial charge in [0.05, 0.1) is 12.1 Å². The number of nitrogens with zero attached hydrogens (tertiary/aromatic N) is 5. The summed E-state index contributed by atoms with van der Waals surface area (Å²) in [5, 5.41) is 17.5. The maximum absolute atomic E-state index is 12.9. The van der Waals surface area contributed by atoms with Crippen LogP contribution in [-0.4, -0.2) is 44.1 Å². The minimum atomic E-state index is -0.0610. The van der Waals surface area contributed by atoms with Gasteiger partial charge in [-0.2, -0.15) is 0 Å². The Balaban J connectivity index is 1.51. The molecule has 0 saturated carbocycles. The molecule has 1 aliphatic heterocycles. The molecule has 34 heavy (non-hydrogen) atoms. The van der Waals surface area contributed by atoms with Crippen molar-refractivity contribution in [3.63, 3.8) is 0 Å². The van der Waals surface area contributed by atoms with Crippen LogP contribution < -0.4 is 10.2 Å². The number of aromatic amines is 1. The molecule has 0 radical (unpaired) electrons. The van der Waals surface area contributed by atoms with Crippen LogP contribution in [0.5, 0.6) is 0 Å². The summed E-state index contributed by atoms with van der Waals surface area (Å²) in [6, 6.07) is 20.2. The summed E-state index contributed by atoms with van der Waals surface area (Å²) in [5.41, 5.74) is 5.38. The van der Waals surface area contributed by atoms with Crippen molar-refractivity contribution in [1.82, 2.24) is 25.6 Å². The lowest BCUT2D eigenvalue weighted by molar-refractivity contribution is -0.115. The van der Waals surface area contributed by atoms with Crippen molar-refractivity contribution < 1.29 is 4.79 Å². The van der Waals surface area contributed by atoms with E-state index in [2.05, 4.69) is 37.8 Å². The molecule has 4 aromatic rings. The van der Waals surface area contributed by atoms with Gasteiger partial charge < -0.3 is 10.2 Å². The summed E-state index contributed by atoms with van der Waals surface area (Å²) in [5.74, 6) is 1.37. The molecule has 1 amide bonds. The second kappa shape index (κ2) is 9.43. The van der Waals surface area contributed by atoms with Gasteiger partial charge in [-0.1, -0.05) is 54.1 Å². The summed E-state index contributed by atoms with van der Waals surface area (Å²) in [4.78, 5) is 20.2. The van der Waals surface area contributed by atoms with E-state index in [0.717, 1.165) is 53.3 Å². The van der Waals surface area contributed by atoms with Gasteiger partial charge in [0.25, 0.3) is 0 Å². The standard InChI is InChI=1S/C26H27N7O/c1-17-9-11-19(12-10-17)14-25(34)27-20-15-23(28-24(16-20)33-13-5-6-18(33)2)21-7-3-4-8-22(21)26-29-31-32-30-26/h3-4,7-12,15-16,18H,5-6,13-14H2,1-2H3,(H,27,28,34)(H,29,30,31,32). The second-order valence-electron chi connectivity index (χ2n) is 8.79. The van der Waals surface area contributed by atoms with Crippen LogP contribution in [0.2, 0.25) is 0 Å². The topological polar surface area (TPSA) is 99.7 Å². The van der Waals surface area contributed by atoms with E-state index in [4.69, 9.17) is 4.98 Å². The second-order valence-corrected chi connectivity index (χ2v) is 8.79. The van der Waals surface area contributed by atoms with Gasteiger partial charge in [-0.25, -0.2) is 10.1 Å². The third kappa shape index (κ3) is 4.66. The van der Waals surface area contributed by atoms with Crippen LogP contribution >= 0.6 is 0 Å². The van der Waals surface area contributed by atoms with E-state index in [1.807, 2.05) is 67.6 Å². The van der Waals surface area contributed by atoms with Gasteiger partial charge in [0.1, 0.15) is 5.82 Å². The van der Waals surface area contributed by atoms with Gasteiger partial charge in [-0.3, -0.25) is 4.79 Å². The van der Waals surface area contributed by atoms with Crippen LogP contribution in [0.1, 0.15) is 30.9 Å². The zero-order valence-electron chi connectivity index (χ0n) is 19.3. The van der Waals surface area contributed by atoms with Crippen molar-refractivity contribution in [3.05, 3.63) is 71.8 Å². The van der Waals surface area contributed by atoms with E-state index in [-0.39, 0.29) is 5.91 Å². The predicted octanol–water partition coefficient (Wildman–Crippen LogP) is 4.41. The first-order valence-corrected chi connectivity index (χ1v) is 11.5. The largest absolute Gasteiger partial charge is 0.354 e. The molecular formula is C26H27N7O. The van der Waals surface area contributed by atoms with E-state index in [1.54, 1.807) is 0 Å². The number of aryl methyl sites for hydroxylation is 1. The number of hydrogen-bond donors (Lipinski definition) is 2. The number of aromatic nitrogens is 5. The lowest BCUT2D eigenvalue weighted by atomic mass is 10.0. The van der Waals surface area contributed by atoms with E-state index in [9.17, 15) is 4.79 Å². The molecule has 1 unspecified atom stereocenters. The molecule has 1 aliphatic rings. The van der Waals surface area contributed by atoms with E-state index >= 15 is 0 Å². The van der Waals surface area contributed by atoms with Gasteiger partial charge in [0.15, 0.2) is 5.82 Å². The van der Waals surface area contributed by atoms with Crippen molar-refractivity contribution in [1.29, 1.82) is 0 Å². The van der Waals surface area contributed by atoms with Crippen LogP contribution in [0.25, 0.3) is 22.6 Å². The maximum Gasteiger partial charge on any atom is 0.228 e. The molecule has 0 spiro atoms. The molecule has 1 saturated heterocycles. The maximum atomic E-state index is 12.9. The fraction of sp³-hybridized carbons (Fsp3) is 0.269. The van der Waals surface area contributed by atoms with E-state index < -0.39 is 0 Å². The molecule has 2 N–H and O–H groups in total. The molecule has 1 fully saturated rings. The number of pyridine rings is 1. The Morgan fingerprint density at radius 3 is 2.62 bits per heavy atom. The Kier molecular flexibility index (Phi) is 6.03. The molecule has 1 atom stereocenters. The number of anilines is 2. The zero-order chi connectivity index (χ0) is 23.5. The fourth-order valence-electron chi connectivity index (χ4n) is 4.43. The smallest absolute Gasteiger partial charge is 0.228 e. The van der Waals surface area contributed by atoms with Gasteiger partial charge in [-0.15, -0.1) is 5.10 Å². The number of carbonyl (C=O) groups excluding carboxylic acids is 1. The Bertz CT molecular complexity index is 1290. The summed E-state index contributed by atoms with van der Waals surface area (Å²) in [6.07, 6.45) is 2.57. The average molecular weight is 454 g/mol. The number of benzene rings is 2. The number of rotatable bonds is 6. The summed E-state index contributed by atoms with van der Waals surface area (Å²) < 4.78 is 0. The molecule has 2 aromatic carbocycles. The van der Waals surface area contributed by atoms with Crippen molar-refractivity contribution in [3.8, 4) is 22.6 Å². The first kappa shape index (κ1) is 21.8. The SMILES string of the molecule is Cc1ccc(CC(=O)Nc2cc(-c3ccccc3-c3nnn[nH]3)nc(N3CCCC3C)c2)cc1. The van der Waals surface area contributed by atoms with Crippen LogP contribution in [0.15, 0.2) is 60.7 Å². The number of nitrogens with one attached hydrogen (secondary N) is 2. The third-order valence-corrected chi connectivity index (χ3v) is 6.23. The number of amides is 1. The van der Waals surface area contributed by atoms with Gasteiger partial charge in [0, 0.05) is 35.5 Å². The molecule has 8 heteroatoms. The third-order valence-electron chi connectivity index (χ3n) is 6.23. The Labute approximate surface area is 198 Å². The average Bonchev–Trinajstić information content (AvgIpc) is 3.52. The zero-order valence-corrected chi connectivity index (χ0v) is 19.3. The highest BCUT2D eigenvalue weighted by atomic mass is 16.1. The quantitative estimate of drug-likeness (QED) is 0.449. The molecule has 3 heterocycles. The Morgan fingerprint density at radius 2 is 1.91 bits per heavy atom. The molecule has 0 bridgehead atoms. The Morgan fingerprint density at radius 1 is 1.12 bits per heavy atom. The monoisotopic (exact) mass is 453 g/mol.